The van der Waals surface area contributed by atoms with Gasteiger partial charge in [0.05, 0.1) is 19.0 Å². The third-order valence-electron chi connectivity index (χ3n) is 6.93. The van der Waals surface area contributed by atoms with Crippen molar-refractivity contribution in [3.8, 4) is 0 Å². The molecule has 29 heavy (non-hydrogen) atoms. The first-order valence-electron chi connectivity index (χ1n) is 10.9. The summed E-state index contributed by atoms with van der Waals surface area (Å²) in [6, 6.07) is 8.50. The van der Waals surface area contributed by atoms with E-state index >= 15 is 0 Å². The van der Waals surface area contributed by atoms with E-state index in [0.29, 0.717) is 52.2 Å². The number of amides is 1. The van der Waals surface area contributed by atoms with Crippen LogP contribution in [0, 0.1) is 0 Å². The molecule has 0 unspecified atom stereocenters. The summed E-state index contributed by atoms with van der Waals surface area (Å²) in [6.07, 6.45) is 3.82. The van der Waals surface area contributed by atoms with Crippen LogP contribution in [0.5, 0.6) is 0 Å². The molecular formula is C22H32N2O4S. The van der Waals surface area contributed by atoms with Gasteiger partial charge in [-0.15, -0.1) is 0 Å². The molecule has 3 aliphatic rings. The van der Waals surface area contributed by atoms with Crippen LogP contribution in [0.3, 0.4) is 0 Å². The molecule has 2 saturated heterocycles. The van der Waals surface area contributed by atoms with Gasteiger partial charge in [-0.25, -0.2) is 12.7 Å². The standard InChI is InChI=1S/C22H32N2O4S/c1-2-15-29(26,27)24-9-7-22(8-10-24)17-18(19-5-3-4-6-20(19)22)16-21(25)23-11-13-28-14-12-23/h3-6,18H,2,7-17H2,1H3/t18-/m0/s1. The number of nitrogens with zero attached hydrogens (tertiary/aromatic N) is 2. The fraction of sp³-hybridized carbons (Fsp3) is 0.682. The molecule has 0 radical (unpaired) electrons. The van der Waals surface area contributed by atoms with Crippen LogP contribution in [0.2, 0.25) is 0 Å². The van der Waals surface area contributed by atoms with E-state index in [-0.39, 0.29) is 23.0 Å². The fourth-order valence-electron chi connectivity index (χ4n) is 5.42. The van der Waals surface area contributed by atoms with E-state index in [2.05, 4.69) is 24.3 Å². The SMILES string of the molecule is CCCS(=O)(=O)N1CCC2(CC1)C[C@H](CC(=O)N1CCOCC1)c1ccccc12. The first-order valence-corrected chi connectivity index (χ1v) is 12.5. The number of carbonyl (C=O) groups excluding carboxylic acids is 1. The molecule has 1 atom stereocenters. The lowest BCUT2D eigenvalue weighted by atomic mass is 9.73. The molecule has 0 aromatic heterocycles. The van der Waals surface area contributed by atoms with Crippen molar-refractivity contribution in [1.82, 2.24) is 9.21 Å². The molecular weight excluding hydrogens is 388 g/mol. The highest BCUT2D eigenvalue weighted by molar-refractivity contribution is 7.89. The molecule has 0 bridgehead atoms. The van der Waals surface area contributed by atoms with Gasteiger partial charge in [0.2, 0.25) is 15.9 Å². The van der Waals surface area contributed by atoms with Crippen molar-refractivity contribution in [2.45, 2.75) is 50.4 Å². The largest absolute Gasteiger partial charge is 0.378 e. The first kappa shape index (κ1) is 20.8. The van der Waals surface area contributed by atoms with Crippen LogP contribution in [0.25, 0.3) is 0 Å². The van der Waals surface area contributed by atoms with Crippen molar-refractivity contribution in [3.63, 3.8) is 0 Å². The highest BCUT2D eigenvalue weighted by atomic mass is 32.2. The Balaban J connectivity index is 1.49. The normalized spacial score (nSPS) is 24.6. The molecule has 160 valence electrons. The quantitative estimate of drug-likeness (QED) is 0.734. The molecule has 0 saturated carbocycles. The average Bonchev–Trinajstić information content (AvgIpc) is 3.02. The highest BCUT2D eigenvalue weighted by Crippen LogP contribution is 2.53. The second-order valence-electron chi connectivity index (χ2n) is 8.68. The molecule has 2 fully saturated rings. The third-order valence-corrected chi connectivity index (χ3v) is 9.00. The molecule has 1 amide bonds. The van der Waals surface area contributed by atoms with Crippen LogP contribution < -0.4 is 0 Å². The van der Waals surface area contributed by atoms with Gasteiger partial charge in [0.25, 0.3) is 0 Å². The summed E-state index contributed by atoms with van der Waals surface area (Å²) in [5, 5.41) is 0. The smallest absolute Gasteiger partial charge is 0.223 e. The molecule has 2 heterocycles. The number of rotatable bonds is 5. The molecule has 1 spiro atoms. The predicted octanol–water partition coefficient (Wildman–Crippen LogP) is 2.50. The molecule has 1 aromatic rings. The van der Waals surface area contributed by atoms with E-state index in [1.807, 2.05) is 11.8 Å². The zero-order valence-corrected chi connectivity index (χ0v) is 18.1. The molecule has 1 aromatic carbocycles. The first-order chi connectivity index (χ1) is 14.0. The molecule has 4 rings (SSSR count). The Morgan fingerprint density at radius 3 is 2.52 bits per heavy atom. The van der Waals surface area contributed by atoms with E-state index in [1.165, 1.54) is 11.1 Å². The maximum atomic E-state index is 12.9. The number of fused-ring (bicyclic) bond motifs is 2. The number of sulfonamides is 1. The van der Waals surface area contributed by atoms with Crippen molar-refractivity contribution < 1.29 is 17.9 Å². The van der Waals surface area contributed by atoms with Gasteiger partial charge in [0, 0.05) is 32.6 Å². The number of hydrogen-bond acceptors (Lipinski definition) is 4. The van der Waals surface area contributed by atoms with Gasteiger partial charge < -0.3 is 9.64 Å². The number of carbonyl (C=O) groups is 1. The van der Waals surface area contributed by atoms with Gasteiger partial charge in [-0.2, -0.15) is 0 Å². The lowest BCUT2D eigenvalue weighted by Gasteiger charge is -2.40. The maximum Gasteiger partial charge on any atom is 0.223 e. The zero-order valence-electron chi connectivity index (χ0n) is 17.3. The Kier molecular flexibility index (Phi) is 6.00. The van der Waals surface area contributed by atoms with Crippen molar-refractivity contribution in [1.29, 1.82) is 0 Å². The Morgan fingerprint density at radius 2 is 1.83 bits per heavy atom. The minimum atomic E-state index is -3.14. The van der Waals surface area contributed by atoms with Crippen molar-refractivity contribution in [3.05, 3.63) is 35.4 Å². The fourth-order valence-corrected chi connectivity index (χ4v) is 6.93. The van der Waals surface area contributed by atoms with Gasteiger partial charge in [-0.1, -0.05) is 31.2 Å². The Bertz CT molecular complexity index is 840. The van der Waals surface area contributed by atoms with Crippen molar-refractivity contribution in [2.75, 3.05) is 45.1 Å². The molecule has 7 heteroatoms. The van der Waals surface area contributed by atoms with E-state index in [0.717, 1.165) is 19.3 Å². The summed E-state index contributed by atoms with van der Waals surface area (Å²) in [6.45, 7) is 5.69. The lowest BCUT2D eigenvalue weighted by molar-refractivity contribution is -0.135. The van der Waals surface area contributed by atoms with Crippen LogP contribution in [-0.4, -0.2) is 68.7 Å². The van der Waals surface area contributed by atoms with Gasteiger partial charge in [-0.05, 0) is 48.1 Å². The highest BCUT2D eigenvalue weighted by Gasteiger charge is 2.47. The van der Waals surface area contributed by atoms with Crippen LogP contribution in [0.4, 0.5) is 0 Å². The molecule has 2 aliphatic heterocycles. The van der Waals surface area contributed by atoms with E-state index < -0.39 is 10.0 Å². The monoisotopic (exact) mass is 420 g/mol. The van der Waals surface area contributed by atoms with Gasteiger partial charge in [-0.3, -0.25) is 4.79 Å². The lowest BCUT2D eigenvalue weighted by Crippen LogP contribution is -2.45. The van der Waals surface area contributed by atoms with E-state index in [4.69, 9.17) is 4.74 Å². The molecule has 1 aliphatic carbocycles. The van der Waals surface area contributed by atoms with Gasteiger partial charge in [0.1, 0.15) is 0 Å². The second-order valence-corrected chi connectivity index (χ2v) is 10.8. The van der Waals surface area contributed by atoms with E-state index in [9.17, 15) is 13.2 Å². The predicted molar refractivity (Wildman–Crippen MR) is 112 cm³/mol. The van der Waals surface area contributed by atoms with E-state index in [1.54, 1.807) is 4.31 Å². The van der Waals surface area contributed by atoms with Crippen LogP contribution >= 0.6 is 0 Å². The topological polar surface area (TPSA) is 66.9 Å². The number of ether oxygens (including phenoxy) is 1. The average molecular weight is 421 g/mol. The van der Waals surface area contributed by atoms with Crippen molar-refractivity contribution >= 4 is 15.9 Å². The zero-order chi connectivity index (χ0) is 20.5. The minimum absolute atomic E-state index is 0.00475. The Morgan fingerprint density at radius 1 is 1.14 bits per heavy atom. The summed E-state index contributed by atoms with van der Waals surface area (Å²) in [4.78, 5) is 14.8. The summed E-state index contributed by atoms with van der Waals surface area (Å²) < 4.78 is 32.0. The molecule has 6 nitrogen and oxygen atoms in total. The Hall–Kier alpha value is -1.44. The number of morpholine rings is 1. The van der Waals surface area contributed by atoms with Gasteiger partial charge >= 0.3 is 0 Å². The third kappa shape index (κ3) is 4.09. The number of hydrogen-bond donors (Lipinski definition) is 0. The van der Waals surface area contributed by atoms with Crippen LogP contribution in [0.1, 0.15) is 56.1 Å². The molecule has 0 N–H and O–H groups in total. The minimum Gasteiger partial charge on any atom is -0.378 e. The number of benzene rings is 1. The van der Waals surface area contributed by atoms with Crippen molar-refractivity contribution in [2.24, 2.45) is 0 Å². The summed E-state index contributed by atoms with van der Waals surface area (Å²) >= 11 is 0. The summed E-state index contributed by atoms with van der Waals surface area (Å²) in [5.74, 6) is 0.668. The van der Waals surface area contributed by atoms with Gasteiger partial charge in [0.15, 0.2) is 0 Å². The Labute approximate surface area is 174 Å². The maximum absolute atomic E-state index is 12.9. The van der Waals surface area contributed by atoms with Crippen LogP contribution in [0.15, 0.2) is 24.3 Å². The summed E-state index contributed by atoms with van der Waals surface area (Å²) in [5.41, 5.74) is 2.64. The second kappa shape index (κ2) is 8.36. The van der Waals surface area contributed by atoms with Crippen LogP contribution in [-0.2, 0) is 25.0 Å². The summed E-state index contributed by atoms with van der Waals surface area (Å²) in [7, 11) is -3.14. The number of piperidine rings is 1.